The lowest BCUT2D eigenvalue weighted by Crippen LogP contribution is -2.31. The number of ketones is 1. The molecule has 0 heterocycles. The average Bonchev–Trinajstić information content (AvgIpc) is 2.13. The molecular weight excluding hydrogens is 220 g/mol. The zero-order valence-electron chi connectivity index (χ0n) is 13.1. The van der Waals surface area contributed by atoms with E-state index < -0.39 is 0 Å². The van der Waals surface area contributed by atoms with Crippen molar-refractivity contribution >= 4 is 5.78 Å². The predicted molar refractivity (Wildman–Crippen MR) is 78.5 cm³/mol. The smallest absolute Gasteiger partial charge is 0.152 e. The van der Waals surface area contributed by atoms with Gasteiger partial charge in [0.05, 0.1) is 0 Å². The Morgan fingerprint density at radius 2 is 1.89 bits per heavy atom. The number of carbonyl (C=O) groups excluding carboxylic acids is 1. The van der Waals surface area contributed by atoms with E-state index >= 15 is 0 Å². The van der Waals surface area contributed by atoms with Gasteiger partial charge in [-0.25, -0.2) is 0 Å². The maximum Gasteiger partial charge on any atom is 0.152 e. The Morgan fingerprint density at radius 1 is 1.33 bits per heavy atom. The first-order valence-corrected chi connectivity index (χ1v) is 6.94. The molecule has 1 rings (SSSR count). The first-order valence-electron chi connectivity index (χ1n) is 6.94. The van der Waals surface area contributed by atoms with Gasteiger partial charge in [0.2, 0.25) is 0 Å². The van der Waals surface area contributed by atoms with Gasteiger partial charge in [0.25, 0.3) is 0 Å². The van der Waals surface area contributed by atoms with Crippen LogP contribution in [-0.2, 0) is 4.79 Å². The molecule has 0 N–H and O–H groups in total. The maximum absolute atomic E-state index is 11.2. The van der Waals surface area contributed by atoms with Gasteiger partial charge < -0.3 is 0 Å². The fraction of sp³-hybridized carbons (Fsp3) is 0.706. The minimum Gasteiger partial charge on any atom is -0.295 e. The lowest BCUT2D eigenvalue weighted by atomic mass is 9.62. The molecule has 0 saturated carbocycles. The summed E-state index contributed by atoms with van der Waals surface area (Å²) in [4.78, 5) is 11.2. The minimum absolute atomic E-state index is 0.140. The number of carbonyl (C=O) groups is 1. The molecule has 1 nitrogen and oxygen atoms in total. The normalized spacial score (nSPS) is 24.7. The Kier molecular flexibility index (Phi) is 4.25. The number of hydrogen-bond acceptors (Lipinski definition) is 1. The van der Waals surface area contributed by atoms with E-state index in [4.69, 9.17) is 0 Å². The summed E-state index contributed by atoms with van der Waals surface area (Å²) in [5, 5.41) is 0. The molecule has 1 heteroatoms. The molecule has 0 fully saturated rings. The molecule has 0 aromatic rings. The first kappa shape index (κ1) is 15.2. The van der Waals surface area contributed by atoms with Crippen LogP contribution >= 0.6 is 0 Å². The van der Waals surface area contributed by atoms with E-state index in [0.717, 1.165) is 0 Å². The van der Waals surface area contributed by atoms with Crippen LogP contribution in [0.3, 0.4) is 0 Å². The van der Waals surface area contributed by atoms with Crippen LogP contribution in [0.1, 0.15) is 61.3 Å². The highest BCUT2D eigenvalue weighted by atomic mass is 16.1. The number of rotatable bonds is 2. The molecule has 0 radical (unpaired) electrons. The standard InChI is InChI=1S/C17H28O/c1-12(18)8-9-15-13(2)14(16(3,4)5)10-11-17(15,6)7/h8-9,15H,10-11H2,1-7H3/b9-8+. The molecule has 1 aliphatic rings. The third-order valence-electron chi connectivity index (χ3n) is 4.23. The van der Waals surface area contributed by atoms with E-state index in [2.05, 4.69) is 47.6 Å². The molecule has 0 spiro atoms. The van der Waals surface area contributed by atoms with Gasteiger partial charge in [-0.15, -0.1) is 0 Å². The highest BCUT2D eigenvalue weighted by molar-refractivity contribution is 5.87. The highest BCUT2D eigenvalue weighted by Gasteiger charge is 2.36. The van der Waals surface area contributed by atoms with Crippen molar-refractivity contribution in [3.05, 3.63) is 23.3 Å². The van der Waals surface area contributed by atoms with Gasteiger partial charge in [-0.05, 0) is 43.6 Å². The lowest BCUT2D eigenvalue weighted by Gasteiger charge is -2.42. The molecule has 0 aromatic carbocycles. The van der Waals surface area contributed by atoms with Crippen LogP contribution < -0.4 is 0 Å². The second kappa shape index (κ2) is 5.03. The van der Waals surface area contributed by atoms with Gasteiger partial charge in [-0.1, -0.05) is 51.8 Å². The van der Waals surface area contributed by atoms with E-state index in [9.17, 15) is 4.79 Å². The Balaban J connectivity index is 3.19. The largest absolute Gasteiger partial charge is 0.295 e. The Bertz CT molecular complexity index is 388. The molecule has 0 amide bonds. The van der Waals surface area contributed by atoms with Crippen LogP contribution in [-0.4, -0.2) is 5.78 Å². The van der Waals surface area contributed by atoms with Crippen molar-refractivity contribution in [1.29, 1.82) is 0 Å². The van der Waals surface area contributed by atoms with Gasteiger partial charge in [0.1, 0.15) is 0 Å². The summed E-state index contributed by atoms with van der Waals surface area (Å²) in [6, 6.07) is 0. The van der Waals surface area contributed by atoms with Crippen LogP contribution in [0.15, 0.2) is 23.3 Å². The van der Waals surface area contributed by atoms with Crippen LogP contribution in [0.4, 0.5) is 0 Å². The maximum atomic E-state index is 11.2. The molecule has 1 atom stereocenters. The van der Waals surface area contributed by atoms with Gasteiger partial charge in [0, 0.05) is 5.92 Å². The summed E-state index contributed by atoms with van der Waals surface area (Å²) in [5.41, 5.74) is 3.53. The zero-order valence-corrected chi connectivity index (χ0v) is 13.1. The lowest BCUT2D eigenvalue weighted by molar-refractivity contribution is -0.112. The molecule has 18 heavy (non-hydrogen) atoms. The molecule has 0 bridgehead atoms. The fourth-order valence-corrected chi connectivity index (χ4v) is 3.18. The molecule has 1 aliphatic carbocycles. The zero-order chi connectivity index (χ0) is 14.1. The van der Waals surface area contributed by atoms with Gasteiger partial charge in [-0.3, -0.25) is 4.79 Å². The van der Waals surface area contributed by atoms with E-state index in [1.165, 1.54) is 18.4 Å². The second-order valence-electron chi connectivity index (χ2n) is 7.35. The Hall–Kier alpha value is -0.850. The van der Waals surface area contributed by atoms with Gasteiger partial charge >= 0.3 is 0 Å². The van der Waals surface area contributed by atoms with Crippen molar-refractivity contribution in [3.8, 4) is 0 Å². The van der Waals surface area contributed by atoms with Crippen molar-refractivity contribution in [1.82, 2.24) is 0 Å². The van der Waals surface area contributed by atoms with Crippen molar-refractivity contribution in [3.63, 3.8) is 0 Å². The van der Waals surface area contributed by atoms with Crippen molar-refractivity contribution in [2.45, 2.75) is 61.3 Å². The summed E-state index contributed by atoms with van der Waals surface area (Å²) in [6.07, 6.45) is 6.24. The molecular formula is C17H28O. The average molecular weight is 248 g/mol. The van der Waals surface area contributed by atoms with Crippen molar-refractivity contribution in [2.75, 3.05) is 0 Å². The quantitative estimate of drug-likeness (QED) is 0.500. The Morgan fingerprint density at radius 3 is 2.33 bits per heavy atom. The summed E-state index contributed by atoms with van der Waals surface area (Å²) in [6.45, 7) is 15.4. The van der Waals surface area contributed by atoms with E-state index in [-0.39, 0.29) is 16.6 Å². The van der Waals surface area contributed by atoms with E-state index in [0.29, 0.717) is 5.92 Å². The number of hydrogen-bond donors (Lipinski definition) is 0. The van der Waals surface area contributed by atoms with Crippen molar-refractivity contribution in [2.24, 2.45) is 16.7 Å². The molecule has 0 aromatic heterocycles. The monoisotopic (exact) mass is 248 g/mol. The van der Waals surface area contributed by atoms with Crippen LogP contribution in [0.25, 0.3) is 0 Å². The molecule has 102 valence electrons. The van der Waals surface area contributed by atoms with Gasteiger partial charge in [0.15, 0.2) is 5.78 Å². The van der Waals surface area contributed by atoms with E-state index in [1.807, 2.05) is 0 Å². The fourth-order valence-electron chi connectivity index (χ4n) is 3.18. The molecule has 0 aliphatic heterocycles. The van der Waals surface area contributed by atoms with Crippen LogP contribution in [0, 0.1) is 16.7 Å². The summed E-state index contributed by atoms with van der Waals surface area (Å²) in [7, 11) is 0. The SMILES string of the molecule is CC(=O)/C=C/C1C(C)=C(C(C)(C)C)CCC1(C)C. The molecule has 0 saturated heterocycles. The second-order valence-corrected chi connectivity index (χ2v) is 7.35. The summed E-state index contributed by atoms with van der Waals surface area (Å²) >= 11 is 0. The predicted octanol–water partition coefficient (Wildman–Crippen LogP) is 4.93. The summed E-state index contributed by atoms with van der Waals surface area (Å²) < 4.78 is 0. The third-order valence-corrected chi connectivity index (χ3v) is 4.23. The molecule has 1 unspecified atom stereocenters. The van der Waals surface area contributed by atoms with Crippen molar-refractivity contribution < 1.29 is 4.79 Å². The minimum atomic E-state index is 0.140. The highest BCUT2D eigenvalue weighted by Crippen LogP contribution is 2.48. The van der Waals surface area contributed by atoms with E-state index in [1.54, 1.807) is 18.6 Å². The van der Waals surface area contributed by atoms with Crippen LogP contribution in [0.2, 0.25) is 0 Å². The van der Waals surface area contributed by atoms with Crippen LogP contribution in [0.5, 0.6) is 0 Å². The topological polar surface area (TPSA) is 17.1 Å². The first-order chi connectivity index (χ1) is 8.05. The number of allylic oxidation sites excluding steroid dienone is 4. The third kappa shape index (κ3) is 3.34. The Labute approximate surface area is 112 Å². The van der Waals surface area contributed by atoms with Gasteiger partial charge in [-0.2, -0.15) is 0 Å². The summed E-state index contributed by atoms with van der Waals surface area (Å²) in [5.74, 6) is 0.533.